The third-order valence-corrected chi connectivity index (χ3v) is 5.77. The SMILES string of the molecule is O=C(NNC(=O)c1ccc2n[nH]nc2c1)c1ccc(CSc2nc3ccccc3[nH]2)cc1. The van der Waals surface area contributed by atoms with Crippen LogP contribution in [0.5, 0.6) is 0 Å². The molecule has 2 amide bonds. The van der Waals surface area contributed by atoms with E-state index >= 15 is 0 Å². The first-order valence-corrected chi connectivity index (χ1v) is 10.7. The van der Waals surface area contributed by atoms with Crippen molar-refractivity contribution in [3.8, 4) is 0 Å². The number of thioether (sulfide) groups is 1. The summed E-state index contributed by atoms with van der Waals surface area (Å²) in [6.45, 7) is 0. The number of nitrogens with zero attached hydrogens (tertiary/aromatic N) is 3. The third-order valence-electron chi connectivity index (χ3n) is 4.83. The van der Waals surface area contributed by atoms with Crippen molar-refractivity contribution in [3.63, 3.8) is 0 Å². The van der Waals surface area contributed by atoms with Crippen LogP contribution in [-0.4, -0.2) is 37.2 Å². The van der Waals surface area contributed by atoms with Gasteiger partial charge in [0.15, 0.2) is 5.16 Å². The number of hydrogen-bond donors (Lipinski definition) is 4. The highest BCUT2D eigenvalue weighted by Gasteiger charge is 2.11. The zero-order chi connectivity index (χ0) is 21.9. The molecule has 5 aromatic rings. The van der Waals surface area contributed by atoms with Crippen molar-refractivity contribution in [1.29, 1.82) is 0 Å². The van der Waals surface area contributed by atoms with Crippen LogP contribution in [0.3, 0.4) is 0 Å². The van der Waals surface area contributed by atoms with E-state index in [0.29, 0.717) is 27.9 Å². The van der Waals surface area contributed by atoms with E-state index in [-0.39, 0.29) is 0 Å². The van der Waals surface area contributed by atoms with Crippen LogP contribution in [0.4, 0.5) is 0 Å². The number of amides is 2. The summed E-state index contributed by atoms with van der Waals surface area (Å²) in [6.07, 6.45) is 0. The Morgan fingerprint density at radius 1 is 0.812 bits per heavy atom. The van der Waals surface area contributed by atoms with Crippen LogP contribution in [-0.2, 0) is 5.75 Å². The zero-order valence-electron chi connectivity index (χ0n) is 16.6. The van der Waals surface area contributed by atoms with Crippen molar-refractivity contribution in [1.82, 2.24) is 36.2 Å². The first kappa shape index (κ1) is 19.8. The number of carbonyl (C=O) groups excluding carboxylic acids is 2. The zero-order valence-corrected chi connectivity index (χ0v) is 17.4. The largest absolute Gasteiger partial charge is 0.333 e. The van der Waals surface area contributed by atoms with Gasteiger partial charge in [-0.3, -0.25) is 20.4 Å². The van der Waals surface area contributed by atoms with Gasteiger partial charge in [-0.2, -0.15) is 15.4 Å². The van der Waals surface area contributed by atoms with E-state index in [1.807, 2.05) is 36.4 Å². The first-order valence-electron chi connectivity index (χ1n) is 9.73. The van der Waals surface area contributed by atoms with E-state index in [2.05, 4.69) is 36.2 Å². The highest BCUT2D eigenvalue weighted by Crippen LogP contribution is 2.23. The number of fused-ring (bicyclic) bond motifs is 2. The number of aromatic amines is 2. The predicted octanol–water partition coefficient (Wildman–Crippen LogP) is 3.20. The Hall–Kier alpha value is -4.18. The summed E-state index contributed by atoms with van der Waals surface area (Å²) in [6, 6.07) is 20.0. The topological polar surface area (TPSA) is 128 Å². The average Bonchev–Trinajstić information content (AvgIpc) is 3.47. The minimum absolute atomic E-state index is 0.365. The Labute approximate surface area is 186 Å². The molecule has 0 aliphatic carbocycles. The number of benzene rings is 3. The van der Waals surface area contributed by atoms with Crippen LogP contribution in [0, 0.1) is 0 Å². The molecule has 0 saturated heterocycles. The van der Waals surface area contributed by atoms with Crippen LogP contribution in [0.1, 0.15) is 26.3 Å². The second-order valence-corrected chi connectivity index (χ2v) is 7.94. The molecule has 0 saturated carbocycles. The number of hydrazine groups is 1. The third kappa shape index (κ3) is 4.16. The number of rotatable bonds is 5. The molecule has 0 atom stereocenters. The molecular weight excluding hydrogens is 426 g/mol. The fourth-order valence-corrected chi connectivity index (χ4v) is 3.98. The van der Waals surface area contributed by atoms with Crippen molar-refractivity contribution < 1.29 is 9.59 Å². The average molecular weight is 443 g/mol. The van der Waals surface area contributed by atoms with Gasteiger partial charge in [0.25, 0.3) is 11.8 Å². The molecule has 10 heteroatoms. The molecule has 4 N–H and O–H groups in total. The summed E-state index contributed by atoms with van der Waals surface area (Å²) < 4.78 is 0. The minimum Gasteiger partial charge on any atom is -0.333 e. The number of H-pyrrole nitrogens is 2. The van der Waals surface area contributed by atoms with Gasteiger partial charge < -0.3 is 4.98 Å². The van der Waals surface area contributed by atoms with Gasteiger partial charge in [0.1, 0.15) is 11.0 Å². The van der Waals surface area contributed by atoms with Crippen molar-refractivity contribution in [2.45, 2.75) is 10.9 Å². The molecule has 0 radical (unpaired) electrons. The number of nitrogens with one attached hydrogen (secondary N) is 4. The van der Waals surface area contributed by atoms with Gasteiger partial charge in [-0.1, -0.05) is 36.0 Å². The van der Waals surface area contributed by atoms with Gasteiger partial charge >= 0.3 is 0 Å². The molecule has 158 valence electrons. The number of aromatic nitrogens is 5. The highest BCUT2D eigenvalue weighted by molar-refractivity contribution is 7.98. The van der Waals surface area contributed by atoms with Crippen LogP contribution < -0.4 is 10.9 Å². The molecule has 9 nitrogen and oxygen atoms in total. The van der Waals surface area contributed by atoms with Gasteiger partial charge in [0.2, 0.25) is 0 Å². The summed E-state index contributed by atoms with van der Waals surface area (Å²) in [5, 5.41) is 11.2. The Morgan fingerprint density at radius 2 is 1.53 bits per heavy atom. The number of para-hydroxylation sites is 2. The molecule has 0 spiro atoms. The smallest absolute Gasteiger partial charge is 0.269 e. The van der Waals surface area contributed by atoms with Crippen molar-refractivity contribution in [3.05, 3.63) is 83.4 Å². The molecule has 3 aromatic carbocycles. The van der Waals surface area contributed by atoms with E-state index in [4.69, 9.17) is 0 Å². The van der Waals surface area contributed by atoms with Crippen LogP contribution in [0.15, 0.2) is 71.9 Å². The maximum Gasteiger partial charge on any atom is 0.269 e. The molecule has 2 heterocycles. The Balaban J connectivity index is 1.16. The summed E-state index contributed by atoms with van der Waals surface area (Å²) in [7, 11) is 0. The Kier molecular flexibility index (Phi) is 5.26. The highest BCUT2D eigenvalue weighted by atomic mass is 32.2. The molecule has 2 aromatic heterocycles. The lowest BCUT2D eigenvalue weighted by molar-refractivity contribution is 0.0847. The van der Waals surface area contributed by atoms with Crippen molar-refractivity contribution >= 4 is 45.6 Å². The number of imidazole rings is 1. The van der Waals surface area contributed by atoms with Crippen LogP contribution >= 0.6 is 11.8 Å². The maximum atomic E-state index is 12.4. The first-order chi connectivity index (χ1) is 15.7. The number of carbonyl (C=O) groups is 2. The minimum atomic E-state index is -0.442. The molecule has 0 aliphatic heterocycles. The monoisotopic (exact) mass is 443 g/mol. The fraction of sp³-hybridized carbons (Fsp3) is 0.0455. The van der Waals surface area contributed by atoms with Crippen LogP contribution in [0.25, 0.3) is 22.1 Å². The Bertz CT molecular complexity index is 1390. The van der Waals surface area contributed by atoms with Crippen molar-refractivity contribution in [2.24, 2.45) is 0 Å². The van der Waals surface area contributed by atoms with E-state index in [9.17, 15) is 9.59 Å². The van der Waals surface area contributed by atoms with E-state index in [1.54, 1.807) is 42.1 Å². The predicted molar refractivity (Wildman–Crippen MR) is 121 cm³/mol. The molecule has 0 bridgehead atoms. The van der Waals surface area contributed by atoms with E-state index in [1.165, 1.54) is 0 Å². The van der Waals surface area contributed by atoms with E-state index in [0.717, 1.165) is 21.8 Å². The Morgan fingerprint density at radius 3 is 2.34 bits per heavy atom. The summed E-state index contributed by atoms with van der Waals surface area (Å²) in [5.74, 6) is -0.136. The second-order valence-electron chi connectivity index (χ2n) is 6.98. The standard InChI is InChI=1S/C22H17N7O2S/c30-20(27-28-21(31)15-9-10-18-19(11-15)26-29-25-18)14-7-5-13(6-8-14)12-32-22-23-16-3-1-2-4-17(16)24-22/h1-11H,12H2,(H,23,24)(H,27,30)(H,28,31)(H,25,26,29). The van der Waals surface area contributed by atoms with Gasteiger partial charge in [-0.15, -0.1) is 0 Å². The lowest BCUT2D eigenvalue weighted by Gasteiger charge is -2.08. The molecule has 0 unspecified atom stereocenters. The van der Waals surface area contributed by atoms with Gasteiger partial charge in [0.05, 0.1) is 11.0 Å². The molecule has 32 heavy (non-hydrogen) atoms. The summed E-state index contributed by atoms with van der Waals surface area (Å²) in [4.78, 5) is 32.5. The van der Waals surface area contributed by atoms with Gasteiger partial charge in [0, 0.05) is 16.9 Å². The van der Waals surface area contributed by atoms with Gasteiger partial charge in [-0.25, -0.2) is 4.98 Å². The fourth-order valence-electron chi connectivity index (χ4n) is 3.14. The molecular formula is C22H17N7O2S. The van der Waals surface area contributed by atoms with Crippen LogP contribution in [0.2, 0.25) is 0 Å². The molecule has 0 aliphatic rings. The maximum absolute atomic E-state index is 12.4. The molecule has 0 fully saturated rings. The normalized spacial score (nSPS) is 11.0. The number of hydrogen-bond acceptors (Lipinski definition) is 6. The molecule has 5 rings (SSSR count). The quantitative estimate of drug-likeness (QED) is 0.244. The summed E-state index contributed by atoms with van der Waals surface area (Å²) in [5.41, 5.74) is 9.87. The second kappa shape index (κ2) is 8.52. The van der Waals surface area contributed by atoms with E-state index < -0.39 is 11.8 Å². The summed E-state index contributed by atoms with van der Waals surface area (Å²) >= 11 is 1.59. The van der Waals surface area contributed by atoms with Gasteiger partial charge in [-0.05, 0) is 48.0 Å². The lowest BCUT2D eigenvalue weighted by Crippen LogP contribution is -2.41. The van der Waals surface area contributed by atoms with Crippen molar-refractivity contribution in [2.75, 3.05) is 0 Å². The lowest BCUT2D eigenvalue weighted by atomic mass is 10.1.